The zero-order chi connectivity index (χ0) is 43.3. The first-order valence-electron chi connectivity index (χ1n) is 22.8. The van der Waals surface area contributed by atoms with Gasteiger partial charge in [0.25, 0.3) is 0 Å². The first-order chi connectivity index (χ1) is 32.0. The second kappa shape index (κ2) is 14.4. The summed E-state index contributed by atoms with van der Waals surface area (Å²) in [4.78, 5) is 0. The van der Waals surface area contributed by atoms with Gasteiger partial charge in [-0.25, -0.2) is 0 Å². The molecule has 11 aromatic carbocycles. The highest BCUT2D eigenvalue weighted by Gasteiger charge is 2.42. The quantitative estimate of drug-likeness (QED) is 0.0923. The lowest BCUT2D eigenvalue weighted by Crippen LogP contribution is -2.74. The van der Waals surface area contributed by atoms with Gasteiger partial charge in [0, 0.05) is 27.3 Å². The molecule has 1 aliphatic carbocycles. The zero-order valence-corrected chi connectivity index (χ0v) is 37.3. The molecule has 0 radical (unpaired) electrons. The molecule has 2 heteroatoms. The summed E-state index contributed by atoms with van der Waals surface area (Å²) in [6.45, 7) is 4.77. The first kappa shape index (κ1) is 37.7. The molecule has 306 valence electrons. The van der Waals surface area contributed by atoms with E-state index < -0.39 is 8.07 Å². The number of furan rings is 1. The van der Waals surface area contributed by atoms with Crippen LogP contribution in [0, 0.1) is 0 Å². The van der Waals surface area contributed by atoms with Crippen LogP contribution in [0.1, 0.15) is 25.0 Å². The minimum atomic E-state index is -2.70. The summed E-state index contributed by atoms with van der Waals surface area (Å²) in [6.07, 6.45) is 0. The highest BCUT2D eigenvalue weighted by Crippen LogP contribution is 2.56. The second-order valence-corrected chi connectivity index (χ2v) is 22.1. The van der Waals surface area contributed by atoms with Crippen molar-refractivity contribution in [3.63, 3.8) is 0 Å². The Bertz CT molecular complexity index is 3670. The van der Waals surface area contributed by atoms with Crippen LogP contribution in [0.25, 0.3) is 87.6 Å². The van der Waals surface area contributed by atoms with Crippen LogP contribution in [0.4, 0.5) is 0 Å². The third-order valence-electron chi connectivity index (χ3n) is 14.6. The van der Waals surface area contributed by atoms with Crippen LogP contribution in [-0.4, -0.2) is 8.07 Å². The van der Waals surface area contributed by atoms with Gasteiger partial charge in [-0.1, -0.05) is 226 Å². The summed E-state index contributed by atoms with van der Waals surface area (Å²) in [5.74, 6) is 0. The molecule has 0 saturated heterocycles. The standard InChI is InChI=1S/C63H44OSi/c1-63(2)56-33-19-18-28-48(56)53-40-55(62-60(61(53)63)54-38-42-20-12-13-21-43(42)39-57(54)64-62)59-51-31-16-14-29-49(51)58(50-30-15-17-32-52(50)59)41-34-36-47(37-35-41)65(44-22-6-3-7-23-44,45-24-8-4-9-25-45)46-26-10-5-11-27-46/h3-40H,1-2H3. The van der Waals surface area contributed by atoms with Crippen molar-refractivity contribution in [3.8, 4) is 33.4 Å². The molecule has 0 N–H and O–H groups in total. The van der Waals surface area contributed by atoms with Crippen LogP contribution < -0.4 is 20.7 Å². The van der Waals surface area contributed by atoms with Crippen LogP contribution in [0.2, 0.25) is 0 Å². The average Bonchev–Trinajstić information content (AvgIpc) is 3.84. The molecular weight excluding hydrogens is 801 g/mol. The van der Waals surface area contributed by atoms with Gasteiger partial charge in [-0.05, 0) is 105 Å². The van der Waals surface area contributed by atoms with Crippen LogP contribution >= 0.6 is 0 Å². The molecule has 0 aliphatic heterocycles. The highest BCUT2D eigenvalue weighted by molar-refractivity contribution is 7.19. The van der Waals surface area contributed by atoms with E-state index >= 15 is 0 Å². The maximum Gasteiger partial charge on any atom is 0.179 e. The molecule has 0 bridgehead atoms. The average molecular weight is 845 g/mol. The Morgan fingerprint density at radius 3 is 1.40 bits per heavy atom. The van der Waals surface area contributed by atoms with Gasteiger partial charge in [-0.3, -0.25) is 0 Å². The van der Waals surface area contributed by atoms with Crippen molar-refractivity contribution in [1.29, 1.82) is 0 Å². The number of fused-ring (bicyclic) bond motifs is 10. The zero-order valence-electron chi connectivity index (χ0n) is 36.3. The molecule has 1 aliphatic rings. The van der Waals surface area contributed by atoms with Crippen LogP contribution in [0.3, 0.4) is 0 Å². The molecule has 12 aromatic rings. The number of hydrogen-bond donors (Lipinski definition) is 0. The molecule has 65 heavy (non-hydrogen) atoms. The van der Waals surface area contributed by atoms with E-state index in [-0.39, 0.29) is 5.41 Å². The fraction of sp³-hybridized carbons (Fsp3) is 0.0476. The van der Waals surface area contributed by atoms with Crippen molar-refractivity contribution in [2.45, 2.75) is 19.3 Å². The van der Waals surface area contributed by atoms with Crippen molar-refractivity contribution >= 4 is 83.1 Å². The van der Waals surface area contributed by atoms with E-state index in [4.69, 9.17) is 4.42 Å². The third-order valence-corrected chi connectivity index (χ3v) is 19.3. The van der Waals surface area contributed by atoms with Crippen LogP contribution in [0.5, 0.6) is 0 Å². The lowest BCUT2D eigenvalue weighted by molar-refractivity contribution is 0.658. The Kier molecular flexibility index (Phi) is 8.34. The summed E-state index contributed by atoms with van der Waals surface area (Å²) in [5, 5.41) is 15.1. The van der Waals surface area contributed by atoms with Gasteiger partial charge in [-0.2, -0.15) is 0 Å². The predicted molar refractivity (Wildman–Crippen MR) is 278 cm³/mol. The van der Waals surface area contributed by atoms with Gasteiger partial charge in [0.15, 0.2) is 8.07 Å². The Labute approximate surface area is 379 Å². The van der Waals surface area contributed by atoms with E-state index in [0.29, 0.717) is 0 Å². The van der Waals surface area contributed by atoms with Crippen LogP contribution in [0.15, 0.2) is 235 Å². The molecule has 1 nitrogen and oxygen atoms in total. The Balaban J connectivity index is 1.09. The van der Waals surface area contributed by atoms with Gasteiger partial charge < -0.3 is 4.42 Å². The monoisotopic (exact) mass is 844 g/mol. The highest BCUT2D eigenvalue weighted by atomic mass is 28.3. The van der Waals surface area contributed by atoms with Gasteiger partial charge in [0.1, 0.15) is 11.2 Å². The third kappa shape index (κ3) is 5.44. The maximum atomic E-state index is 7.23. The molecule has 1 heterocycles. The van der Waals surface area contributed by atoms with Crippen molar-refractivity contribution < 1.29 is 4.42 Å². The summed E-state index contributed by atoms with van der Waals surface area (Å²) < 4.78 is 7.23. The minimum Gasteiger partial charge on any atom is -0.455 e. The second-order valence-electron chi connectivity index (χ2n) is 18.3. The van der Waals surface area contributed by atoms with Crippen molar-refractivity contribution in [2.24, 2.45) is 0 Å². The van der Waals surface area contributed by atoms with E-state index in [2.05, 4.69) is 244 Å². The summed E-state index contributed by atoms with van der Waals surface area (Å²) in [6, 6.07) is 85.9. The largest absolute Gasteiger partial charge is 0.455 e. The Morgan fingerprint density at radius 2 is 0.831 bits per heavy atom. The maximum absolute atomic E-state index is 7.23. The van der Waals surface area contributed by atoms with Gasteiger partial charge in [-0.15, -0.1) is 0 Å². The fourth-order valence-electron chi connectivity index (χ4n) is 11.8. The van der Waals surface area contributed by atoms with E-state index in [1.54, 1.807) is 0 Å². The molecule has 0 saturated carbocycles. The van der Waals surface area contributed by atoms with E-state index in [9.17, 15) is 0 Å². The van der Waals surface area contributed by atoms with E-state index in [1.165, 1.54) is 103 Å². The normalized spacial score (nSPS) is 13.2. The molecular formula is C63H44OSi. The first-order valence-corrected chi connectivity index (χ1v) is 24.8. The van der Waals surface area contributed by atoms with Gasteiger partial charge in [0.2, 0.25) is 0 Å². The van der Waals surface area contributed by atoms with Crippen molar-refractivity contribution in [3.05, 3.63) is 242 Å². The van der Waals surface area contributed by atoms with Gasteiger partial charge >= 0.3 is 0 Å². The summed E-state index contributed by atoms with van der Waals surface area (Å²) >= 11 is 0. The van der Waals surface area contributed by atoms with Gasteiger partial charge in [0.05, 0.1) is 0 Å². The summed E-state index contributed by atoms with van der Waals surface area (Å²) in [7, 11) is -2.70. The molecule has 1 aromatic heterocycles. The summed E-state index contributed by atoms with van der Waals surface area (Å²) in [5.41, 5.74) is 11.7. The molecule has 0 unspecified atom stereocenters. The number of hydrogen-bond acceptors (Lipinski definition) is 1. The number of benzene rings is 11. The predicted octanol–water partition coefficient (Wildman–Crippen LogP) is 14.1. The molecule has 0 spiro atoms. The van der Waals surface area contributed by atoms with E-state index in [1.807, 2.05) is 0 Å². The number of rotatable bonds is 6. The molecule has 0 amide bonds. The molecule has 0 atom stereocenters. The van der Waals surface area contributed by atoms with E-state index in [0.717, 1.165) is 16.7 Å². The molecule has 0 fully saturated rings. The topological polar surface area (TPSA) is 13.1 Å². The SMILES string of the molecule is CC1(C)c2ccccc2-c2cc(-c3c4ccccc4c(-c4ccc([Si](c5ccccc5)(c5ccccc5)c5ccccc5)cc4)c4ccccc34)c3oc4cc5ccccc5cc4c3c21. The van der Waals surface area contributed by atoms with Crippen LogP contribution in [-0.2, 0) is 5.41 Å². The van der Waals surface area contributed by atoms with Crippen molar-refractivity contribution in [1.82, 2.24) is 0 Å². The van der Waals surface area contributed by atoms with Crippen molar-refractivity contribution in [2.75, 3.05) is 0 Å². The smallest absolute Gasteiger partial charge is 0.179 e. The lowest BCUT2D eigenvalue weighted by atomic mass is 9.79. The fourth-order valence-corrected chi connectivity index (χ4v) is 16.5. The Morgan fingerprint density at radius 1 is 0.369 bits per heavy atom. The lowest BCUT2D eigenvalue weighted by Gasteiger charge is -2.34. The minimum absolute atomic E-state index is 0.215. The molecule has 13 rings (SSSR count). The Hall–Kier alpha value is -7.78.